The molecule has 128 valence electrons. The van der Waals surface area contributed by atoms with Gasteiger partial charge in [0.2, 0.25) is 11.8 Å². The van der Waals surface area contributed by atoms with Crippen LogP contribution in [0.5, 0.6) is 0 Å². The van der Waals surface area contributed by atoms with Gasteiger partial charge in [-0.3, -0.25) is 4.79 Å². The average molecular weight is 357 g/mol. The molecule has 2 aromatic carbocycles. The van der Waals surface area contributed by atoms with Crippen molar-refractivity contribution < 1.29 is 13.6 Å². The minimum atomic E-state index is -0.488. The molecule has 0 aliphatic heterocycles. The van der Waals surface area contributed by atoms with E-state index in [0.717, 1.165) is 5.56 Å². The van der Waals surface area contributed by atoms with Crippen LogP contribution >= 0.6 is 11.8 Å². The Morgan fingerprint density at radius 1 is 1.08 bits per heavy atom. The van der Waals surface area contributed by atoms with Crippen LogP contribution in [-0.4, -0.2) is 35.1 Å². The van der Waals surface area contributed by atoms with E-state index in [1.54, 1.807) is 26.2 Å². The van der Waals surface area contributed by atoms with E-state index in [1.165, 1.54) is 28.8 Å². The molecular weight excluding hydrogens is 341 g/mol. The Kier molecular flexibility index (Phi) is 5.14. The van der Waals surface area contributed by atoms with Crippen LogP contribution < -0.4 is 0 Å². The molecule has 1 heterocycles. The Morgan fingerprint density at radius 3 is 2.40 bits per heavy atom. The predicted octanol–water partition coefficient (Wildman–Crippen LogP) is 3.80. The highest BCUT2D eigenvalue weighted by atomic mass is 32.2. The molecule has 0 fully saturated rings. The van der Waals surface area contributed by atoms with Crippen LogP contribution in [0.2, 0.25) is 0 Å². The lowest BCUT2D eigenvalue weighted by Crippen LogP contribution is -2.26. The number of benzene rings is 2. The highest BCUT2D eigenvalue weighted by molar-refractivity contribution is 8.00. The molecule has 1 amide bonds. The lowest BCUT2D eigenvalue weighted by Gasteiger charge is -2.18. The topological polar surface area (TPSA) is 59.2 Å². The molecule has 0 bridgehead atoms. The molecule has 7 heteroatoms. The van der Waals surface area contributed by atoms with Gasteiger partial charge in [-0.2, -0.15) is 0 Å². The Hall–Kier alpha value is -2.67. The first kappa shape index (κ1) is 17.2. The maximum Gasteiger partial charge on any atom is 0.277 e. The van der Waals surface area contributed by atoms with Gasteiger partial charge in [0, 0.05) is 19.7 Å². The van der Waals surface area contributed by atoms with Crippen molar-refractivity contribution in [1.29, 1.82) is 0 Å². The van der Waals surface area contributed by atoms with Crippen molar-refractivity contribution in [1.82, 2.24) is 15.1 Å². The summed E-state index contributed by atoms with van der Waals surface area (Å²) >= 11 is 1.19. The summed E-state index contributed by atoms with van der Waals surface area (Å²) in [6, 6.07) is 15.2. The molecule has 3 aromatic rings. The molecule has 0 aliphatic carbocycles. The van der Waals surface area contributed by atoms with Crippen molar-refractivity contribution in [2.45, 2.75) is 10.5 Å². The van der Waals surface area contributed by atoms with E-state index in [1.807, 2.05) is 30.3 Å². The van der Waals surface area contributed by atoms with Crippen LogP contribution in [0, 0.1) is 5.82 Å². The number of thioether (sulfide) groups is 1. The molecule has 0 aliphatic rings. The van der Waals surface area contributed by atoms with Gasteiger partial charge in [-0.15, -0.1) is 10.2 Å². The minimum absolute atomic E-state index is 0.0715. The molecule has 3 rings (SSSR count). The Balaban J connectivity index is 1.85. The number of carbonyl (C=O) groups is 1. The smallest absolute Gasteiger partial charge is 0.277 e. The summed E-state index contributed by atoms with van der Waals surface area (Å²) in [5.74, 6) is -0.122. The molecule has 1 aromatic heterocycles. The highest BCUT2D eigenvalue weighted by Gasteiger charge is 2.26. The molecule has 5 nitrogen and oxygen atoms in total. The quantitative estimate of drug-likeness (QED) is 0.650. The van der Waals surface area contributed by atoms with Gasteiger partial charge >= 0.3 is 0 Å². The summed E-state index contributed by atoms with van der Waals surface area (Å²) in [7, 11) is 3.41. The lowest BCUT2D eigenvalue weighted by molar-refractivity contribution is -0.128. The summed E-state index contributed by atoms with van der Waals surface area (Å²) < 4.78 is 18.7. The standard InChI is InChI=1S/C18H16FN3O2S/c1-22(2)17(23)15(12-6-4-3-5-7-12)25-18-21-20-16(24-18)13-8-10-14(19)11-9-13/h3-11,15H,1-2H3/t15-/m0/s1. The molecule has 0 saturated heterocycles. The zero-order chi connectivity index (χ0) is 17.8. The molecule has 0 radical (unpaired) electrons. The van der Waals surface area contributed by atoms with Crippen molar-refractivity contribution in [3.05, 3.63) is 66.0 Å². The van der Waals surface area contributed by atoms with Crippen molar-refractivity contribution >= 4 is 17.7 Å². The lowest BCUT2D eigenvalue weighted by atomic mass is 10.1. The number of aromatic nitrogens is 2. The first-order chi connectivity index (χ1) is 12.0. The van der Waals surface area contributed by atoms with Gasteiger partial charge in [0.25, 0.3) is 5.22 Å². The zero-order valence-corrected chi connectivity index (χ0v) is 14.5. The van der Waals surface area contributed by atoms with E-state index >= 15 is 0 Å². The van der Waals surface area contributed by atoms with E-state index < -0.39 is 5.25 Å². The minimum Gasteiger partial charge on any atom is -0.411 e. The Morgan fingerprint density at radius 2 is 1.76 bits per heavy atom. The maximum atomic E-state index is 13.0. The predicted molar refractivity (Wildman–Crippen MR) is 93.4 cm³/mol. The van der Waals surface area contributed by atoms with E-state index in [0.29, 0.717) is 5.56 Å². The third-order valence-corrected chi connectivity index (χ3v) is 4.56. The largest absolute Gasteiger partial charge is 0.411 e. The van der Waals surface area contributed by atoms with Crippen LogP contribution in [0.25, 0.3) is 11.5 Å². The summed E-state index contributed by atoms with van der Waals surface area (Å²) in [6.45, 7) is 0. The molecule has 1 atom stereocenters. The number of rotatable bonds is 5. The maximum absolute atomic E-state index is 13.0. The first-order valence-electron chi connectivity index (χ1n) is 7.57. The summed E-state index contributed by atoms with van der Waals surface area (Å²) in [4.78, 5) is 14.1. The molecule has 0 saturated carbocycles. The van der Waals surface area contributed by atoms with Crippen molar-refractivity contribution in [3.8, 4) is 11.5 Å². The number of amides is 1. The van der Waals surface area contributed by atoms with Gasteiger partial charge < -0.3 is 9.32 Å². The normalized spacial score (nSPS) is 12.0. The van der Waals surface area contributed by atoms with Gasteiger partial charge in [-0.25, -0.2) is 4.39 Å². The highest BCUT2D eigenvalue weighted by Crippen LogP contribution is 2.36. The fraction of sp³-hybridized carbons (Fsp3) is 0.167. The Bertz CT molecular complexity index is 850. The SMILES string of the molecule is CN(C)C(=O)[C@@H](Sc1nnc(-c2ccc(F)cc2)o1)c1ccccc1. The average Bonchev–Trinajstić information content (AvgIpc) is 3.09. The van der Waals surface area contributed by atoms with E-state index in [-0.39, 0.29) is 22.8 Å². The monoisotopic (exact) mass is 357 g/mol. The van der Waals surface area contributed by atoms with Gasteiger partial charge in [0.05, 0.1) is 0 Å². The van der Waals surface area contributed by atoms with Crippen molar-refractivity contribution in [3.63, 3.8) is 0 Å². The van der Waals surface area contributed by atoms with E-state index in [4.69, 9.17) is 4.42 Å². The number of halogens is 1. The first-order valence-corrected chi connectivity index (χ1v) is 8.45. The second-order valence-corrected chi connectivity index (χ2v) is 6.58. The van der Waals surface area contributed by atoms with Crippen LogP contribution in [0.1, 0.15) is 10.8 Å². The summed E-state index contributed by atoms with van der Waals surface area (Å²) in [5, 5.41) is 7.78. The van der Waals surface area contributed by atoms with Gasteiger partial charge in [-0.05, 0) is 41.6 Å². The molecule has 0 unspecified atom stereocenters. The van der Waals surface area contributed by atoms with Crippen molar-refractivity contribution in [2.75, 3.05) is 14.1 Å². The van der Waals surface area contributed by atoms with Gasteiger partial charge in [0.15, 0.2) is 0 Å². The molecule has 0 spiro atoms. The van der Waals surface area contributed by atoms with Gasteiger partial charge in [0.1, 0.15) is 11.1 Å². The van der Waals surface area contributed by atoms with E-state index in [2.05, 4.69) is 10.2 Å². The zero-order valence-electron chi connectivity index (χ0n) is 13.7. The van der Waals surface area contributed by atoms with Crippen LogP contribution in [-0.2, 0) is 4.79 Å². The van der Waals surface area contributed by atoms with Crippen molar-refractivity contribution in [2.24, 2.45) is 0 Å². The second kappa shape index (κ2) is 7.48. The van der Waals surface area contributed by atoms with Crippen LogP contribution in [0.4, 0.5) is 4.39 Å². The number of likely N-dealkylation sites (N-methyl/N-ethyl adjacent to an activating group) is 1. The Labute approximate surface area is 148 Å². The third kappa shape index (κ3) is 4.06. The fourth-order valence-electron chi connectivity index (χ4n) is 2.19. The van der Waals surface area contributed by atoms with Crippen LogP contribution in [0.3, 0.4) is 0 Å². The number of nitrogens with zero attached hydrogens (tertiary/aromatic N) is 3. The fourth-order valence-corrected chi connectivity index (χ4v) is 3.21. The molecule has 25 heavy (non-hydrogen) atoms. The number of hydrogen-bond acceptors (Lipinski definition) is 5. The van der Waals surface area contributed by atoms with Gasteiger partial charge in [-0.1, -0.05) is 30.3 Å². The molecule has 0 N–H and O–H groups in total. The second-order valence-electron chi connectivity index (χ2n) is 5.52. The number of carbonyl (C=O) groups excluding carboxylic acids is 1. The summed E-state index contributed by atoms with van der Waals surface area (Å²) in [5.41, 5.74) is 1.48. The molecular formula is C18H16FN3O2S. The van der Waals surface area contributed by atoms with Crippen LogP contribution in [0.15, 0.2) is 64.2 Å². The number of hydrogen-bond donors (Lipinski definition) is 0. The third-order valence-electron chi connectivity index (χ3n) is 3.48. The summed E-state index contributed by atoms with van der Waals surface area (Å²) in [6.07, 6.45) is 0. The van der Waals surface area contributed by atoms with E-state index in [9.17, 15) is 9.18 Å².